The standard InChI is InChI=1S/C21H36N4/c1-4-23-13-15-24(16-14-23)17-21(25-11-9-22-10-12-25)20-7-5-19(6-8-20)18(2)3/h5-8,18,21-22H,4,9-17H2,1-3H3. The summed E-state index contributed by atoms with van der Waals surface area (Å²) in [6.45, 7) is 18.6. The van der Waals surface area contributed by atoms with Crippen molar-refractivity contribution >= 4 is 0 Å². The lowest BCUT2D eigenvalue weighted by atomic mass is 9.97. The van der Waals surface area contributed by atoms with Crippen molar-refractivity contribution in [1.29, 1.82) is 0 Å². The van der Waals surface area contributed by atoms with Gasteiger partial charge in [0, 0.05) is 64.9 Å². The lowest BCUT2D eigenvalue weighted by Crippen LogP contribution is -2.51. The van der Waals surface area contributed by atoms with Gasteiger partial charge in [-0.3, -0.25) is 9.80 Å². The summed E-state index contributed by atoms with van der Waals surface area (Å²) in [6, 6.07) is 9.96. The molecular formula is C21H36N4. The number of hydrogen-bond donors (Lipinski definition) is 1. The first-order valence-corrected chi connectivity index (χ1v) is 10.2. The van der Waals surface area contributed by atoms with Crippen molar-refractivity contribution in [2.45, 2.75) is 32.7 Å². The molecule has 2 saturated heterocycles. The summed E-state index contributed by atoms with van der Waals surface area (Å²) in [5, 5.41) is 3.50. The minimum Gasteiger partial charge on any atom is -0.314 e. The van der Waals surface area contributed by atoms with Crippen LogP contribution in [0.4, 0.5) is 0 Å². The van der Waals surface area contributed by atoms with Gasteiger partial charge < -0.3 is 10.2 Å². The van der Waals surface area contributed by atoms with Crippen LogP contribution in [0.3, 0.4) is 0 Å². The van der Waals surface area contributed by atoms with Gasteiger partial charge in [0.25, 0.3) is 0 Å². The molecule has 0 amide bonds. The molecule has 1 aromatic carbocycles. The molecule has 1 atom stereocenters. The Kier molecular flexibility index (Phi) is 6.88. The molecule has 0 bridgehead atoms. The van der Waals surface area contributed by atoms with Crippen molar-refractivity contribution in [3.8, 4) is 0 Å². The van der Waals surface area contributed by atoms with Crippen LogP contribution in [-0.4, -0.2) is 80.1 Å². The van der Waals surface area contributed by atoms with E-state index < -0.39 is 0 Å². The largest absolute Gasteiger partial charge is 0.314 e. The van der Waals surface area contributed by atoms with E-state index in [0.29, 0.717) is 12.0 Å². The Morgan fingerprint density at radius 2 is 1.40 bits per heavy atom. The first-order chi connectivity index (χ1) is 12.2. The minimum atomic E-state index is 0.525. The van der Waals surface area contributed by atoms with Crippen molar-refractivity contribution < 1.29 is 0 Å². The molecule has 140 valence electrons. The third kappa shape index (κ3) is 5.04. The summed E-state index contributed by atoms with van der Waals surface area (Å²) in [5.74, 6) is 0.605. The van der Waals surface area contributed by atoms with Crippen LogP contribution >= 0.6 is 0 Å². The third-order valence-electron chi connectivity index (χ3n) is 5.92. The van der Waals surface area contributed by atoms with Gasteiger partial charge in [-0.05, 0) is 23.6 Å². The zero-order valence-electron chi connectivity index (χ0n) is 16.4. The molecule has 1 N–H and O–H groups in total. The second-order valence-electron chi connectivity index (χ2n) is 7.86. The highest BCUT2D eigenvalue weighted by Gasteiger charge is 2.26. The molecule has 0 spiro atoms. The summed E-state index contributed by atoms with van der Waals surface area (Å²) in [7, 11) is 0. The Labute approximate surface area is 154 Å². The van der Waals surface area contributed by atoms with E-state index in [9.17, 15) is 0 Å². The van der Waals surface area contributed by atoms with Gasteiger partial charge in [0.05, 0.1) is 0 Å². The third-order valence-corrected chi connectivity index (χ3v) is 5.92. The predicted molar refractivity (Wildman–Crippen MR) is 106 cm³/mol. The number of nitrogens with zero attached hydrogens (tertiary/aromatic N) is 3. The summed E-state index contributed by atoms with van der Waals surface area (Å²) in [6.07, 6.45) is 0. The maximum absolute atomic E-state index is 3.50. The summed E-state index contributed by atoms with van der Waals surface area (Å²) in [4.78, 5) is 7.93. The van der Waals surface area contributed by atoms with Crippen LogP contribution in [0.25, 0.3) is 0 Å². The van der Waals surface area contributed by atoms with Gasteiger partial charge in [-0.15, -0.1) is 0 Å². The molecule has 2 heterocycles. The van der Waals surface area contributed by atoms with E-state index in [0.717, 1.165) is 26.2 Å². The van der Waals surface area contributed by atoms with Crippen molar-refractivity contribution in [3.05, 3.63) is 35.4 Å². The fourth-order valence-corrected chi connectivity index (χ4v) is 4.06. The average Bonchev–Trinajstić information content (AvgIpc) is 2.67. The molecule has 0 saturated carbocycles. The summed E-state index contributed by atoms with van der Waals surface area (Å²) >= 11 is 0. The number of piperazine rings is 2. The van der Waals surface area contributed by atoms with E-state index in [1.54, 1.807) is 0 Å². The topological polar surface area (TPSA) is 21.8 Å². The Hall–Kier alpha value is -0.940. The number of likely N-dealkylation sites (N-methyl/N-ethyl adjacent to an activating group) is 1. The molecule has 0 aliphatic carbocycles. The first-order valence-electron chi connectivity index (χ1n) is 10.2. The van der Waals surface area contributed by atoms with Gasteiger partial charge in [-0.25, -0.2) is 0 Å². The molecule has 1 aromatic rings. The molecule has 0 aromatic heterocycles. The Morgan fingerprint density at radius 3 is 1.96 bits per heavy atom. The molecule has 2 aliphatic heterocycles. The van der Waals surface area contributed by atoms with E-state index in [4.69, 9.17) is 0 Å². The number of benzene rings is 1. The normalized spacial score (nSPS) is 22.4. The minimum absolute atomic E-state index is 0.525. The van der Waals surface area contributed by atoms with Crippen LogP contribution < -0.4 is 5.32 Å². The van der Waals surface area contributed by atoms with E-state index in [1.165, 1.54) is 50.4 Å². The van der Waals surface area contributed by atoms with Gasteiger partial charge in [0.1, 0.15) is 0 Å². The molecule has 1 unspecified atom stereocenters. The van der Waals surface area contributed by atoms with Crippen LogP contribution in [0.2, 0.25) is 0 Å². The van der Waals surface area contributed by atoms with Gasteiger partial charge in [-0.2, -0.15) is 0 Å². The fraction of sp³-hybridized carbons (Fsp3) is 0.714. The molecule has 25 heavy (non-hydrogen) atoms. The quantitative estimate of drug-likeness (QED) is 0.855. The molecule has 4 nitrogen and oxygen atoms in total. The Bertz CT molecular complexity index is 499. The van der Waals surface area contributed by atoms with Gasteiger partial charge in [0.2, 0.25) is 0 Å². The molecule has 3 rings (SSSR count). The van der Waals surface area contributed by atoms with Crippen LogP contribution in [0.15, 0.2) is 24.3 Å². The van der Waals surface area contributed by atoms with Crippen LogP contribution in [0, 0.1) is 0 Å². The smallest absolute Gasteiger partial charge is 0.0476 e. The molecule has 2 aliphatic rings. The van der Waals surface area contributed by atoms with E-state index in [2.05, 4.69) is 65.1 Å². The van der Waals surface area contributed by atoms with Crippen molar-refractivity contribution in [2.75, 3.05) is 65.4 Å². The summed E-state index contributed by atoms with van der Waals surface area (Å²) in [5.41, 5.74) is 2.93. The highest BCUT2D eigenvalue weighted by molar-refractivity contribution is 5.27. The highest BCUT2D eigenvalue weighted by Crippen LogP contribution is 2.25. The highest BCUT2D eigenvalue weighted by atomic mass is 15.3. The molecule has 0 radical (unpaired) electrons. The fourth-order valence-electron chi connectivity index (χ4n) is 4.06. The lowest BCUT2D eigenvalue weighted by Gasteiger charge is -2.41. The van der Waals surface area contributed by atoms with Gasteiger partial charge in [-0.1, -0.05) is 45.0 Å². The van der Waals surface area contributed by atoms with Crippen LogP contribution in [-0.2, 0) is 0 Å². The maximum atomic E-state index is 3.50. The lowest BCUT2D eigenvalue weighted by molar-refractivity contribution is 0.0856. The number of nitrogens with one attached hydrogen (secondary N) is 1. The second kappa shape index (κ2) is 9.13. The monoisotopic (exact) mass is 344 g/mol. The average molecular weight is 345 g/mol. The first kappa shape index (κ1) is 18.8. The molecule has 4 heteroatoms. The maximum Gasteiger partial charge on any atom is 0.0476 e. The summed E-state index contributed by atoms with van der Waals surface area (Å²) < 4.78 is 0. The Balaban J connectivity index is 1.70. The van der Waals surface area contributed by atoms with E-state index >= 15 is 0 Å². The number of hydrogen-bond acceptors (Lipinski definition) is 4. The zero-order chi connectivity index (χ0) is 17.6. The Morgan fingerprint density at radius 1 is 0.840 bits per heavy atom. The molecular weight excluding hydrogens is 308 g/mol. The second-order valence-corrected chi connectivity index (χ2v) is 7.86. The van der Waals surface area contributed by atoms with Crippen molar-refractivity contribution in [2.24, 2.45) is 0 Å². The molecule has 2 fully saturated rings. The van der Waals surface area contributed by atoms with Crippen LogP contribution in [0.1, 0.15) is 43.9 Å². The SMILES string of the molecule is CCN1CCN(CC(c2ccc(C(C)C)cc2)N2CCNCC2)CC1. The van der Waals surface area contributed by atoms with E-state index in [1.807, 2.05) is 0 Å². The van der Waals surface area contributed by atoms with Gasteiger partial charge >= 0.3 is 0 Å². The van der Waals surface area contributed by atoms with Crippen molar-refractivity contribution in [3.63, 3.8) is 0 Å². The van der Waals surface area contributed by atoms with Crippen molar-refractivity contribution in [1.82, 2.24) is 20.0 Å². The van der Waals surface area contributed by atoms with Crippen LogP contribution in [0.5, 0.6) is 0 Å². The van der Waals surface area contributed by atoms with Gasteiger partial charge in [0.15, 0.2) is 0 Å². The zero-order valence-corrected chi connectivity index (χ0v) is 16.4. The predicted octanol–water partition coefficient (Wildman–Crippen LogP) is 2.39. The number of rotatable bonds is 6. The van der Waals surface area contributed by atoms with E-state index in [-0.39, 0.29) is 0 Å².